The molecule has 1 saturated heterocycles. The van der Waals surface area contributed by atoms with Gasteiger partial charge in [-0.15, -0.1) is 24.8 Å². The third-order valence-electron chi connectivity index (χ3n) is 6.38. The van der Waals surface area contributed by atoms with Gasteiger partial charge in [-0.2, -0.15) is 0 Å². The summed E-state index contributed by atoms with van der Waals surface area (Å²) in [6.45, 7) is 2.12. The van der Waals surface area contributed by atoms with Gasteiger partial charge in [-0.25, -0.2) is 4.98 Å². The van der Waals surface area contributed by atoms with E-state index in [9.17, 15) is 4.79 Å². The number of carbonyl (C=O) groups is 1. The number of anilines is 1. The van der Waals surface area contributed by atoms with E-state index in [4.69, 9.17) is 4.74 Å². The summed E-state index contributed by atoms with van der Waals surface area (Å²) in [4.78, 5) is 17.7. The number of hydrogen-bond acceptors (Lipinski definition) is 4. The van der Waals surface area contributed by atoms with Gasteiger partial charge >= 0.3 is 0 Å². The van der Waals surface area contributed by atoms with Crippen molar-refractivity contribution in [1.29, 1.82) is 0 Å². The van der Waals surface area contributed by atoms with Crippen molar-refractivity contribution in [3.63, 3.8) is 0 Å². The van der Waals surface area contributed by atoms with Gasteiger partial charge in [0, 0.05) is 30.7 Å². The zero-order valence-corrected chi connectivity index (χ0v) is 18.9. The molecule has 2 aromatic heterocycles. The predicted molar refractivity (Wildman–Crippen MR) is 126 cm³/mol. The number of nitrogens with zero attached hydrogens (tertiary/aromatic N) is 2. The van der Waals surface area contributed by atoms with E-state index in [1.807, 2.05) is 59.3 Å². The van der Waals surface area contributed by atoms with E-state index in [1.54, 1.807) is 0 Å². The van der Waals surface area contributed by atoms with Gasteiger partial charge in [-0.3, -0.25) is 4.79 Å². The molecule has 0 unspecified atom stereocenters. The van der Waals surface area contributed by atoms with Crippen molar-refractivity contribution in [3.05, 3.63) is 60.6 Å². The predicted octanol–water partition coefficient (Wildman–Crippen LogP) is 4.48. The monoisotopic (exact) mass is 462 g/mol. The molecule has 1 amide bonds. The van der Waals surface area contributed by atoms with Gasteiger partial charge in [0.15, 0.2) is 0 Å². The summed E-state index contributed by atoms with van der Waals surface area (Å²) in [7, 11) is 0. The van der Waals surface area contributed by atoms with E-state index >= 15 is 0 Å². The number of hydrogen-bond donors (Lipinski definition) is 2. The van der Waals surface area contributed by atoms with Gasteiger partial charge < -0.3 is 19.8 Å². The van der Waals surface area contributed by atoms with Crippen LogP contribution in [-0.4, -0.2) is 28.4 Å². The van der Waals surface area contributed by atoms with Crippen LogP contribution in [0.3, 0.4) is 0 Å². The molecule has 31 heavy (non-hydrogen) atoms. The zero-order chi connectivity index (χ0) is 19.7. The molecule has 0 spiro atoms. The van der Waals surface area contributed by atoms with Gasteiger partial charge in [0.05, 0.1) is 11.1 Å². The molecule has 1 aromatic carbocycles. The molecule has 166 valence electrons. The first-order valence-electron chi connectivity index (χ1n) is 10.4. The van der Waals surface area contributed by atoms with Gasteiger partial charge in [0.1, 0.15) is 18.0 Å². The Morgan fingerprint density at radius 1 is 1.23 bits per heavy atom. The summed E-state index contributed by atoms with van der Waals surface area (Å²) in [5.41, 5.74) is 2.30. The normalized spacial score (nSPS) is 22.1. The van der Waals surface area contributed by atoms with Crippen LogP contribution >= 0.6 is 24.8 Å². The number of rotatable bonds is 5. The summed E-state index contributed by atoms with van der Waals surface area (Å²) in [6.07, 6.45) is 8.42. The molecule has 2 atom stereocenters. The van der Waals surface area contributed by atoms with Crippen molar-refractivity contribution in [2.75, 3.05) is 18.4 Å². The second kappa shape index (κ2) is 9.90. The molecule has 8 heteroatoms. The molecule has 6 nitrogen and oxygen atoms in total. The highest BCUT2D eigenvalue weighted by atomic mass is 35.5. The maximum absolute atomic E-state index is 13.2. The fourth-order valence-electron chi connectivity index (χ4n) is 4.82. The Morgan fingerprint density at radius 3 is 3.00 bits per heavy atom. The minimum Gasteiger partial charge on any atom is -0.487 e. The Bertz CT molecular complexity index is 1010. The maximum atomic E-state index is 13.2. The number of aromatic nitrogens is 2. The highest BCUT2D eigenvalue weighted by Crippen LogP contribution is 2.44. The SMILES string of the molecule is Cl.Cl.O=C(Nc1cccc(OCc2cn3ccccc3n2)c1)[C@@]12CCCC[C@H]1CNC2. The van der Waals surface area contributed by atoms with Gasteiger partial charge in [-0.05, 0) is 49.6 Å². The topological polar surface area (TPSA) is 67.7 Å². The Hall–Kier alpha value is -2.28. The number of imidazole rings is 1. The summed E-state index contributed by atoms with van der Waals surface area (Å²) >= 11 is 0. The van der Waals surface area contributed by atoms with Crippen LogP contribution < -0.4 is 15.4 Å². The lowest BCUT2D eigenvalue weighted by atomic mass is 9.67. The summed E-state index contributed by atoms with van der Waals surface area (Å²) in [5.74, 6) is 1.32. The molecule has 3 aromatic rings. The number of pyridine rings is 1. The number of carbonyl (C=O) groups excluding carboxylic acids is 1. The van der Waals surface area contributed by atoms with Crippen molar-refractivity contribution in [3.8, 4) is 5.75 Å². The first-order valence-corrected chi connectivity index (χ1v) is 10.4. The van der Waals surface area contributed by atoms with Crippen LogP contribution in [-0.2, 0) is 11.4 Å². The fraction of sp³-hybridized carbons (Fsp3) is 0.391. The third-order valence-corrected chi connectivity index (χ3v) is 6.38. The number of benzene rings is 1. The number of amides is 1. The van der Waals surface area contributed by atoms with E-state index in [-0.39, 0.29) is 36.1 Å². The number of nitrogens with one attached hydrogen (secondary N) is 2. The first-order chi connectivity index (χ1) is 14.2. The maximum Gasteiger partial charge on any atom is 0.232 e. The van der Waals surface area contributed by atoms with Gasteiger partial charge in [-0.1, -0.05) is 25.0 Å². The average Bonchev–Trinajstić information content (AvgIpc) is 3.37. The standard InChI is InChI=1S/C23H26N4O2.2ClH/c28-22(23-10-3-1-6-17(23)13-24-16-23)26-18-7-5-8-20(12-18)29-15-19-14-27-11-4-2-9-21(27)25-19;;/h2,4-5,7-9,11-12,14,17,24H,1,3,6,10,13,15-16H2,(H,26,28);2*1H/t17-,23+;;/m0../s1. The lowest BCUT2D eigenvalue weighted by Crippen LogP contribution is -2.44. The lowest BCUT2D eigenvalue weighted by molar-refractivity contribution is -0.128. The highest BCUT2D eigenvalue weighted by molar-refractivity contribution is 5.96. The van der Waals surface area contributed by atoms with Crippen molar-refractivity contribution in [2.24, 2.45) is 11.3 Å². The molecule has 2 fully saturated rings. The first kappa shape index (κ1) is 23.4. The van der Waals surface area contributed by atoms with E-state index in [0.717, 1.165) is 55.1 Å². The molecule has 1 aliphatic carbocycles. The van der Waals surface area contributed by atoms with E-state index in [2.05, 4.69) is 15.6 Å². The summed E-state index contributed by atoms with van der Waals surface area (Å²) in [6, 6.07) is 13.5. The average molecular weight is 463 g/mol. The largest absolute Gasteiger partial charge is 0.487 e. The van der Waals surface area contributed by atoms with Gasteiger partial charge in [0.2, 0.25) is 5.91 Å². The van der Waals surface area contributed by atoms with Crippen LogP contribution in [0, 0.1) is 11.3 Å². The second-order valence-electron chi connectivity index (χ2n) is 8.20. The molecule has 1 saturated carbocycles. The molecule has 0 bridgehead atoms. The Balaban J connectivity index is 0.00000136. The van der Waals surface area contributed by atoms with Crippen LogP contribution in [0.2, 0.25) is 0 Å². The Kier molecular flexibility index (Phi) is 7.46. The molecule has 5 rings (SSSR count). The molecule has 3 heterocycles. The van der Waals surface area contributed by atoms with Crippen molar-refractivity contribution in [2.45, 2.75) is 32.3 Å². The third kappa shape index (κ3) is 4.66. The smallest absolute Gasteiger partial charge is 0.232 e. The van der Waals surface area contributed by atoms with E-state index in [1.165, 1.54) is 6.42 Å². The fourth-order valence-corrected chi connectivity index (χ4v) is 4.82. The van der Waals surface area contributed by atoms with Crippen molar-refractivity contribution >= 4 is 42.1 Å². The summed E-state index contributed by atoms with van der Waals surface area (Å²) in [5, 5.41) is 6.59. The number of halogens is 2. The quantitative estimate of drug-likeness (QED) is 0.586. The zero-order valence-electron chi connectivity index (χ0n) is 17.3. The van der Waals surface area contributed by atoms with E-state index in [0.29, 0.717) is 12.5 Å². The number of fused-ring (bicyclic) bond motifs is 2. The minimum atomic E-state index is -0.258. The molecular weight excluding hydrogens is 435 g/mol. The Morgan fingerprint density at radius 2 is 2.13 bits per heavy atom. The van der Waals surface area contributed by atoms with Crippen LogP contribution in [0.5, 0.6) is 5.75 Å². The molecule has 1 aliphatic heterocycles. The highest BCUT2D eigenvalue weighted by Gasteiger charge is 2.49. The van der Waals surface area contributed by atoms with Crippen LogP contribution in [0.15, 0.2) is 54.9 Å². The Labute approximate surface area is 194 Å². The van der Waals surface area contributed by atoms with Crippen LogP contribution in [0.1, 0.15) is 31.4 Å². The van der Waals surface area contributed by atoms with E-state index < -0.39 is 0 Å². The van der Waals surface area contributed by atoms with Gasteiger partial charge in [0.25, 0.3) is 0 Å². The van der Waals surface area contributed by atoms with Crippen LogP contribution in [0.25, 0.3) is 5.65 Å². The lowest BCUT2D eigenvalue weighted by Gasteiger charge is -2.37. The molecular formula is C23H28Cl2N4O2. The molecule has 2 aliphatic rings. The summed E-state index contributed by atoms with van der Waals surface area (Å²) < 4.78 is 7.91. The van der Waals surface area contributed by atoms with Crippen molar-refractivity contribution in [1.82, 2.24) is 14.7 Å². The molecule has 0 radical (unpaired) electrons. The second-order valence-corrected chi connectivity index (χ2v) is 8.20. The molecule has 2 N–H and O–H groups in total. The van der Waals surface area contributed by atoms with Crippen LogP contribution in [0.4, 0.5) is 5.69 Å². The number of ether oxygens (including phenoxy) is 1. The minimum absolute atomic E-state index is 0. The van der Waals surface area contributed by atoms with Crippen molar-refractivity contribution < 1.29 is 9.53 Å².